The average Bonchev–Trinajstić information content (AvgIpc) is 1.26. The minimum absolute atomic E-state index is 0.848. The summed E-state index contributed by atoms with van der Waals surface area (Å²) in [5.41, 5.74) is 21.3. The van der Waals surface area contributed by atoms with Crippen LogP contribution in [-0.4, -0.2) is 0 Å². The normalized spacial score (nSPS) is 11.8. The summed E-state index contributed by atoms with van der Waals surface area (Å²) in [7, 11) is 0. The van der Waals surface area contributed by atoms with E-state index < -0.39 is 0 Å². The fourth-order valence-electron chi connectivity index (χ4n) is 15.7. The van der Waals surface area contributed by atoms with Crippen molar-refractivity contribution in [3.05, 3.63) is 364 Å². The van der Waals surface area contributed by atoms with Gasteiger partial charge in [0, 0.05) is 78.6 Å². The molecule has 20 rings (SSSR count). The van der Waals surface area contributed by atoms with Gasteiger partial charge in [0.2, 0.25) is 0 Å². The third-order valence-electron chi connectivity index (χ3n) is 20.6. The van der Waals surface area contributed by atoms with Crippen LogP contribution in [0.2, 0.25) is 0 Å². The molecule has 20 aromatic rings. The lowest BCUT2D eigenvalue weighted by atomic mass is 9.90. The molecule has 4 heteroatoms. The molecule has 2 aromatic heterocycles. The van der Waals surface area contributed by atoms with Crippen molar-refractivity contribution in [2.75, 3.05) is 9.80 Å². The lowest BCUT2D eigenvalue weighted by molar-refractivity contribution is 0.672. The van der Waals surface area contributed by atoms with Crippen molar-refractivity contribution in [3.63, 3.8) is 0 Å². The molecule has 2 heterocycles. The van der Waals surface area contributed by atoms with Gasteiger partial charge in [0.1, 0.15) is 22.3 Å². The smallest absolute Gasteiger partial charge is 0.143 e. The van der Waals surface area contributed by atoms with Crippen molar-refractivity contribution in [3.8, 4) is 55.6 Å². The summed E-state index contributed by atoms with van der Waals surface area (Å²) in [6.45, 7) is 0. The van der Waals surface area contributed by atoms with E-state index in [4.69, 9.17) is 8.83 Å². The highest BCUT2D eigenvalue weighted by atomic mass is 16.3. The molecule has 0 aliphatic carbocycles. The van der Waals surface area contributed by atoms with E-state index in [1.165, 1.54) is 65.3 Å². The Morgan fingerprint density at radius 3 is 1.11 bits per heavy atom. The standard InChI is InChI=1S/C96H60N2O2/c1-2-16-61(17-3-1)62-32-41-75(42-33-62)98(78-48-53-87-89-51-39-65-19-5-11-29-82(65)96(89)100-94(87)60-78)76-25-15-24-70(55-76)91-58-72-21-7-9-27-80(72)92-56-69(40-49-85(91)92)68-23-14-22-67(54-68)63-34-43-73(44-35-63)97(77-47-52-86-88-50-38-64-18-4-10-28-81(64)95(88)99-93(86)59-77)74-45-36-66(37-46-74)90-57-71-20-6-8-26-79(71)83-30-12-13-31-84(83)90/h1-60H. The second kappa shape index (κ2) is 23.2. The first-order valence-electron chi connectivity index (χ1n) is 34.3. The Hall–Kier alpha value is -13.3. The molecule has 0 fully saturated rings. The predicted molar refractivity (Wildman–Crippen MR) is 423 cm³/mol. The predicted octanol–water partition coefficient (Wildman–Crippen LogP) is 27.7. The molecule has 0 bridgehead atoms. The maximum absolute atomic E-state index is 6.82. The molecule has 0 radical (unpaired) electrons. The zero-order valence-corrected chi connectivity index (χ0v) is 54.4. The summed E-state index contributed by atoms with van der Waals surface area (Å²) >= 11 is 0. The first-order chi connectivity index (χ1) is 49.5. The zero-order chi connectivity index (χ0) is 65.8. The summed E-state index contributed by atoms with van der Waals surface area (Å²) in [4.78, 5) is 4.71. The van der Waals surface area contributed by atoms with Gasteiger partial charge in [-0.15, -0.1) is 0 Å². The van der Waals surface area contributed by atoms with E-state index in [9.17, 15) is 0 Å². The summed E-state index contributed by atoms with van der Waals surface area (Å²) in [6.07, 6.45) is 0. The molecule has 0 saturated carbocycles. The molecule has 18 aromatic carbocycles. The van der Waals surface area contributed by atoms with Gasteiger partial charge in [-0.1, -0.05) is 243 Å². The molecule has 0 atom stereocenters. The Bertz CT molecular complexity index is 6640. The highest BCUT2D eigenvalue weighted by Crippen LogP contribution is 2.47. The van der Waals surface area contributed by atoms with Gasteiger partial charge in [-0.2, -0.15) is 0 Å². The van der Waals surface area contributed by atoms with Crippen LogP contribution in [0.3, 0.4) is 0 Å². The molecule has 0 spiro atoms. The van der Waals surface area contributed by atoms with Crippen LogP contribution in [0.15, 0.2) is 373 Å². The van der Waals surface area contributed by atoms with Gasteiger partial charge in [0.25, 0.3) is 0 Å². The van der Waals surface area contributed by atoms with Gasteiger partial charge in [-0.25, -0.2) is 0 Å². The van der Waals surface area contributed by atoms with Crippen molar-refractivity contribution >= 4 is 143 Å². The van der Waals surface area contributed by atoms with Crippen LogP contribution in [0.25, 0.3) is 164 Å². The number of hydrogen-bond acceptors (Lipinski definition) is 4. The van der Waals surface area contributed by atoms with Crippen LogP contribution in [0, 0.1) is 0 Å². The van der Waals surface area contributed by atoms with E-state index in [1.807, 2.05) is 0 Å². The summed E-state index contributed by atoms with van der Waals surface area (Å²) in [5.74, 6) is 0. The molecule has 0 N–H and O–H groups in total. The van der Waals surface area contributed by atoms with Gasteiger partial charge in [0.15, 0.2) is 0 Å². The topological polar surface area (TPSA) is 32.8 Å². The van der Waals surface area contributed by atoms with Gasteiger partial charge >= 0.3 is 0 Å². The summed E-state index contributed by atoms with van der Waals surface area (Å²) in [5, 5.41) is 18.7. The number of hydrogen-bond donors (Lipinski definition) is 0. The number of benzene rings is 18. The average molecular weight is 1270 g/mol. The molecule has 0 aliphatic rings. The molecule has 466 valence electrons. The van der Waals surface area contributed by atoms with Crippen molar-refractivity contribution in [2.24, 2.45) is 0 Å². The molecule has 4 nitrogen and oxygen atoms in total. The van der Waals surface area contributed by atoms with Gasteiger partial charge < -0.3 is 18.6 Å². The second-order valence-corrected chi connectivity index (χ2v) is 26.3. The van der Waals surface area contributed by atoms with Crippen molar-refractivity contribution in [1.82, 2.24) is 0 Å². The number of rotatable bonds is 11. The van der Waals surface area contributed by atoms with Crippen LogP contribution in [0.4, 0.5) is 34.1 Å². The van der Waals surface area contributed by atoms with Gasteiger partial charge in [-0.3, -0.25) is 0 Å². The fourth-order valence-corrected chi connectivity index (χ4v) is 15.7. The first-order valence-corrected chi connectivity index (χ1v) is 34.3. The van der Waals surface area contributed by atoms with E-state index in [-0.39, 0.29) is 0 Å². The van der Waals surface area contributed by atoms with E-state index in [0.717, 1.165) is 133 Å². The third kappa shape index (κ3) is 9.60. The quantitative estimate of drug-likeness (QED) is 0.121. The first kappa shape index (κ1) is 57.0. The number of fused-ring (bicyclic) bond motifs is 16. The Kier molecular flexibility index (Phi) is 13.2. The summed E-state index contributed by atoms with van der Waals surface area (Å²) < 4.78 is 13.6. The molecule has 0 saturated heterocycles. The Labute approximate surface area is 577 Å². The van der Waals surface area contributed by atoms with Crippen LogP contribution >= 0.6 is 0 Å². The monoisotopic (exact) mass is 1270 g/mol. The number of nitrogens with zero attached hydrogens (tertiary/aromatic N) is 2. The zero-order valence-electron chi connectivity index (χ0n) is 54.4. The van der Waals surface area contributed by atoms with E-state index in [0.29, 0.717) is 0 Å². The van der Waals surface area contributed by atoms with Crippen LogP contribution < -0.4 is 9.80 Å². The fraction of sp³-hybridized carbons (Fsp3) is 0. The highest BCUT2D eigenvalue weighted by molar-refractivity contribution is 6.19. The third-order valence-corrected chi connectivity index (χ3v) is 20.6. The van der Waals surface area contributed by atoms with Crippen molar-refractivity contribution < 1.29 is 8.83 Å². The van der Waals surface area contributed by atoms with Gasteiger partial charge in [0.05, 0.1) is 0 Å². The SMILES string of the molecule is c1ccc(-c2ccc(N(c3cccc(-c4cc5ccccc5c5cc(-c6cccc(-c7ccc(N(c8ccc(-c9cc%10ccccc%10c%10ccccc9%10)cc8)c8ccc9c(c8)oc8c%10ccccc%10ccc98)cc7)c6)ccc45)c3)c3ccc4c(c3)oc3c5ccccc5ccc43)cc2)cc1. The van der Waals surface area contributed by atoms with Crippen molar-refractivity contribution in [2.45, 2.75) is 0 Å². The maximum atomic E-state index is 6.82. The van der Waals surface area contributed by atoms with E-state index in [2.05, 4.69) is 374 Å². The Morgan fingerprint density at radius 1 is 0.160 bits per heavy atom. The molecule has 100 heavy (non-hydrogen) atoms. The minimum Gasteiger partial charge on any atom is -0.455 e. The molecular formula is C96H60N2O2. The molecule has 0 unspecified atom stereocenters. The number of furan rings is 2. The van der Waals surface area contributed by atoms with Crippen LogP contribution in [-0.2, 0) is 0 Å². The molecular weight excluding hydrogens is 1210 g/mol. The van der Waals surface area contributed by atoms with Gasteiger partial charge in [-0.05, 0) is 219 Å². The Morgan fingerprint density at radius 2 is 0.520 bits per heavy atom. The highest BCUT2D eigenvalue weighted by Gasteiger charge is 2.22. The summed E-state index contributed by atoms with van der Waals surface area (Å²) in [6, 6.07) is 133. The van der Waals surface area contributed by atoms with E-state index in [1.54, 1.807) is 0 Å². The second-order valence-electron chi connectivity index (χ2n) is 26.3. The number of anilines is 6. The Balaban J connectivity index is 0.657. The lowest BCUT2D eigenvalue weighted by Crippen LogP contribution is -2.10. The van der Waals surface area contributed by atoms with E-state index >= 15 is 0 Å². The van der Waals surface area contributed by atoms with Crippen LogP contribution in [0.1, 0.15) is 0 Å². The minimum atomic E-state index is 0.848. The van der Waals surface area contributed by atoms with Crippen molar-refractivity contribution in [1.29, 1.82) is 0 Å². The molecule has 0 amide bonds. The largest absolute Gasteiger partial charge is 0.455 e. The lowest BCUT2D eigenvalue weighted by Gasteiger charge is -2.26. The maximum Gasteiger partial charge on any atom is 0.143 e. The van der Waals surface area contributed by atoms with Crippen LogP contribution in [0.5, 0.6) is 0 Å². The molecule has 0 aliphatic heterocycles.